The molecule has 0 aliphatic carbocycles. The number of benzene rings is 1. The molecule has 0 radical (unpaired) electrons. The molecule has 0 saturated heterocycles. The van der Waals surface area contributed by atoms with Gasteiger partial charge in [-0.25, -0.2) is 0 Å². The lowest BCUT2D eigenvalue weighted by molar-refractivity contribution is 0.161. The van der Waals surface area contributed by atoms with E-state index in [0.29, 0.717) is 0 Å². The summed E-state index contributed by atoms with van der Waals surface area (Å²) in [5, 5.41) is 9.96. The van der Waals surface area contributed by atoms with Gasteiger partial charge in [0.15, 0.2) is 0 Å². The zero-order valence-corrected chi connectivity index (χ0v) is 12.4. The second kappa shape index (κ2) is 6.94. The number of unbranched alkanes of at least 4 members (excludes halogenated alkanes) is 2. The molecule has 0 heterocycles. The summed E-state index contributed by atoms with van der Waals surface area (Å²) in [5.41, 5.74) is 2.80. The maximum atomic E-state index is 9.96. The van der Waals surface area contributed by atoms with Crippen LogP contribution in [0.5, 0.6) is 0 Å². The molecule has 1 unspecified atom stereocenters. The van der Waals surface area contributed by atoms with Crippen LogP contribution in [-0.2, 0) is 11.8 Å². The normalized spacial score (nSPS) is 13.6. The highest BCUT2D eigenvalue weighted by Gasteiger charge is 2.13. The highest BCUT2D eigenvalue weighted by molar-refractivity contribution is 5.27. The van der Waals surface area contributed by atoms with E-state index >= 15 is 0 Å². The molecular formula is C17H28O. The average molecular weight is 248 g/mol. The van der Waals surface area contributed by atoms with E-state index in [4.69, 9.17) is 0 Å². The molecule has 1 aromatic carbocycles. The Morgan fingerprint density at radius 3 is 2.17 bits per heavy atom. The molecule has 1 nitrogen and oxygen atoms in total. The molecule has 1 rings (SSSR count). The van der Waals surface area contributed by atoms with E-state index in [-0.39, 0.29) is 11.5 Å². The number of rotatable bonds is 6. The Labute approximate surface area is 112 Å². The monoisotopic (exact) mass is 248 g/mol. The van der Waals surface area contributed by atoms with Gasteiger partial charge in [0.1, 0.15) is 0 Å². The van der Waals surface area contributed by atoms with Gasteiger partial charge in [-0.1, -0.05) is 71.2 Å². The molecule has 0 spiro atoms. The van der Waals surface area contributed by atoms with Gasteiger partial charge in [-0.15, -0.1) is 0 Å². The van der Waals surface area contributed by atoms with Crippen LogP contribution in [0.4, 0.5) is 0 Å². The third kappa shape index (κ3) is 5.22. The van der Waals surface area contributed by atoms with Crippen LogP contribution >= 0.6 is 0 Å². The lowest BCUT2D eigenvalue weighted by Gasteiger charge is -2.19. The molecule has 1 N–H and O–H groups in total. The summed E-state index contributed by atoms with van der Waals surface area (Å²) in [6.45, 7) is 8.86. The van der Waals surface area contributed by atoms with Crippen LogP contribution in [0.3, 0.4) is 0 Å². The molecule has 102 valence electrons. The predicted octanol–water partition coefficient (Wildman–Crippen LogP) is 4.47. The maximum absolute atomic E-state index is 9.96. The SMILES string of the molecule is CCCCCC(O)Cc1ccc(C(C)(C)C)cc1. The fourth-order valence-corrected chi connectivity index (χ4v) is 2.14. The Kier molecular flexibility index (Phi) is 5.87. The van der Waals surface area contributed by atoms with Gasteiger partial charge in [-0.2, -0.15) is 0 Å². The molecule has 0 amide bonds. The molecule has 0 aliphatic heterocycles. The average Bonchev–Trinajstić information content (AvgIpc) is 2.29. The minimum Gasteiger partial charge on any atom is -0.393 e. The molecule has 1 heteroatoms. The first kappa shape index (κ1) is 15.2. The first-order valence-electron chi connectivity index (χ1n) is 7.21. The molecule has 0 aromatic heterocycles. The van der Waals surface area contributed by atoms with Gasteiger partial charge in [0.25, 0.3) is 0 Å². The summed E-state index contributed by atoms with van der Waals surface area (Å²) in [5.74, 6) is 0. The molecule has 0 aliphatic rings. The maximum Gasteiger partial charge on any atom is 0.0580 e. The van der Waals surface area contributed by atoms with Crippen molar-refractivity contribution in [1.82, 2.24) is 0 Å². The van der Waals surface area contributed by atoms with Crippen molar-refractivity contribution in [3.8, 4) is 0 Å². The number of aliphatic hydroxyl groups is 1. The standard InChI is InChI=1S/C17H28O/c1-5-6-7-8-16(18)13-14-9-11-15(12-10-14)17(2,3)4/h9-12,16,18H,5-8,13H2,1-4H3. The smallest absolute Gasteiger partial charge is 0.0580 e. The number of hydrogen-bond acceptors (Lipinski definition) is 1. The Morgan fingerprint density at radius 2 is 1.67 bits per heavy atom. The number of hydrogen-bond donors (Lipinski definition) is 1. The highest BCUT2D eigenvalue weighted by atomic mass is 16.3. The van der Waals surface area contributed by atoms with Gasteiger partial charge in [0.2, 0.25) is 0 Å². The second-order valence-corrected chi connectivity index (χ2v) is 6.30. The zero-order valence-electron chi connectivity index (χ0n) is 12.4. The Bertz CT molecular complexity index is 332. The van der Waals surface area contributed by atoms with Crippen molar-refractivity contribution < 1.29 is 5.11 Å². The summed E-state index contributed by atoms with van der Waals surface area (Å²) in [7, 11) is 0. The van der Waals surface area contributed by atoms with Crippen molar-refractivity contribution in [1.29, 1.82) is 0 Å². The first-order valence-corrected chi connectivity index (χ1v) is 7.21. The molecule has 1 atom stereocenters. The first-order chi connectivity index (χ1) is 8.43. The van der Waals surface area contributed by atoms with Crippen LogP contribution in [-0.4, -0.2) is 11.2 Å². The number of aliphatic hydroxyl groups excluding tert-OH is 1. The second-order valence-electron chi connectivity index (χ2n) is 6.30. The fourth-order valence-electron chi connectivity index (χ4n) is 2.14. The van der Waals surface area contributed by atoms with Crippen LogP contribution in [0.25, 0.3) is 0 Å². The summed E-state index contributed by atoms with van der Waals surface area (Å²) in [6, 6.07) is 8.69. The molecule has 0 fully saturated rings. The lowest BCUT2D eigenvalue weighted by Crippen LogP contribution is -2.12. The molecule has 0 bridgehead atoms. The van der Waals surface area contributed by atoms with Gasteiger partial charge in [0, 0.05) is 0 Å². The van der Waals surface area contributed by atoms with E-state index in [1.807, 2.05) is 0 Å². The summed E-state index contributed by atoms with van der Waals surface area (Å²) < 4.78 is 0. The van der Waals surface area contributed by atoms with Gasteiger partial charge < -0.3 is 5.11 Å². The zero-order chi connectivity index (χ0) is 13.6. The minimum absolute atomic E-state index is 0.183. The third-order valence-corrected chi connectivity index (χ3v) is 3.43. The van der Waals surface area contributed by atoms with Crippen LogP contribution in [0.2, 0.25) is 0 Å². The fraction of sp³-hybridized carbons (Fsp3) is 0.647. The van der Waals surface area contributed by atoms with Crippen molar-refractivity contribution in [2.75, 3.05) is 0 Å². The van der Waals surface area contributed by atoms with E-state index < -0.39 is 0 Å². The van der Waals surface area contributed by atoms with E-state index in [1.165, 1.54) is 24.0 Å². The molecular weight excluding hydrogens is 220 g/mol. The van der Waals surface area contributed by atoms with Gasteiger partial charge >= 0.3 is 0 Å². The molecule has 18 heavy (non-hydrogen) atoms. The predicted molar refractivity (Wildman–Crippen MR) is 79.0 cm³/mol. The summed E-state index contributed by atoms with van der Waals surface area (Å²) in [4.78, 5) is 0. The van der Waals surface area contributed by atoms with Gasteiger partial charge in [-0.3, -0.25) is 0 Å². The Morgan fingerprint density at radius 1 is 1.06 bits per heavy atom. The van der Waals surface area contributed by atoms with Crippen molar-refractivity contribution in [2.24, 2.45) is 0 Å². The van der Waals surface area contributed by atoms with Crippen molar-refractivity contribution >= 4 is 0 Å². The van der Waals surface area contributed by atoms with Gasteiger partial charge in [0.05, 0.1) is 6.10 Å². The topological polar surface area (TPSA) is 20.2 Å². The van der Waals surface area contributed by atoms with E-state index in [2.05, 4.69) is 52.0 Å². The van der Waals surface area contributed by atoms with E-state index in [0.717, 1.165) is 19.3 Å². The lowest BCUT2D eigenvalue weighted by atomic mass is 9.86. The quantitative estimate of drug-likeness (QED) is 0.737. The highest BCUT2D eigenvalue weighted by Crippen LogP contribution is 2.22. The van der Waals surface area contributed by atoms with Gasteiger partial charge in [-0.05, 0) is 29.4 Å². The summed E-state index contributed by atoms with van der Waals surface area (Å²) >= 11 is 0. The van der Waals surface area contributed by atoms with Crippen molar-refractivity contribution in [2.45, 2.75) is 71.3 Å². The summed E-state index contributed by atoms with van der Waals surface area (Å²) in [6.07, 6.45) is 5.10. The van der Waals surface area contributed by atoms with Crippen LogP contribution in [0.15, 0.2) is 24.3 Å². The van der Waals surface area contributed by atoms with Crippen molar-refractivity contribution in [3.63, 3.8) is 0 Å². The molecule has 1 aromatic rings. The van der Waals surface area contributed by atoms with Crippen LogP contribution in [0.1, 0.15) is 64.5 Å². The molecule has 0 saturated carbocycles. The van der Waals surface area contributed by atoms with Crippen LogP contribution < -0.4 is 0 Å². The van der Waals surface area contributed by atoms with Crippen molar-refractivity contribution in [3.05, 3.63) is 35.4 Å². The minimum atomic E-state index is -0.183. The Hall–Kier alpha value is -0.820. The van der Waals surface area contributed by atoms with E-state index in [1.54, 1.807) is 0 Å². The third-order valence-electron chi connectivity index (χ3n) is 3.43. The largest absolute Gasteiger partial charge is 0.393 e. The van der Waals surface area contributed by atoms with E-state index in [9.17, 15) is 5.11 Å². The van der Waals surface area contributed by atoms with Crippen LogP contribution in [0, 0.1) is 0 Å². The Balaban J connectivity index is 2.48.